The fourth-order valence-electron chi connectivity index (χ4n) is 2.39. The van der Waals surface area contributed by atoms with E-state index in [1.165, 1.54) is 18.3 Å². The van der Waals surface area contributed by atoms with E-state index in [4.69, 9.17) is 0 Å². The van der Waals surface area contributed by atoms with Crippen LogP contribution >= 0.6 is 15.9 Å². The van der Waals surface area contributed by atoms with Crippen LogP contribution in [0.15, 0.2) is 58.2 Å². The minimum Gasteiger partial charge on any atom is -0.266 e. The zero-order valence-electron chi connectivity index (χ0n) is 14.7. The lowest BCUT2D eigenvalue weighted by Crippen LogP contribution is -2.19. The first-order valence-corrected chi connectivity index (χ1v) is 8.95. The number of pyridine rings is 1. The molecule has 0 atom stereocenters. The molecule has 0 spiro atoms. The van der Waals surface area contributed by atoms with Crippen LogP contribution in [0.2, 0.25) is 0 Å². The van der Waals surface area contributed by atoms with E-state index in [1.54, 1.807) is 29.1 Å². The number of hydrogen-bond donors (Lipinski definition) is 1. The number of nitro benzene ring substituents is 1. The van der Waals surface area contributed by atoms with E-state index in [2.05, 4.69) is 36.5 Å². The Bertz CT molecular complexity index is 1050. The van der Waals surface area contributed by atoms with Crippen molar-refractivity contribution in [1.29, 1.82) is 0 Å². The lowest BCUT2D eigenvalue weighted by atomic mass is 10.2. The first-order valence-electron chi connectivity index (χ1n) is 8.16. The van der Waals surface area contributed by atoms with Crippen molar-refractivity contribution >= 4 is 33.7 Å². The van der Waals surface area contributed by atoms with E-state index in [0.717, 1.165) is 11.3 Å². The molecule has 142 valence electrons. The zero-order valence-corrected chi connectivity index (χ0v) is 16.3. The van der Waals surface area contributed by atoms with Gasteiger partial charge in [0, 0.05) is 24.0 Å². The summed E-state index contributed by atoms with van der Waals surface area (Å²) in [4.78, 5) is 26.8. The lowest BCUT2D eigenvalue weighted by Gasteiger charge is -2.01. The summed E-state index contributed by atoms with van der Waals surface area (Å²) in [6.07, 6.45) is 3.11. The third kappa shape index (κ3) is 4.86. The predicted octanol–water partition coefficient (Wildman–Crippen LogP) is 3.07. The molecule has 1 amide bonds. The highest BCUT2D eigenvalue weighted by Gasteiger charge is 2.15. The van der Waals surface area contributed by atoms with Gasteiger partial charge in [-0.2, -0.15) is 10.2 Å². The summed E-state index contributed by atoms with van der Waals surface area (Å²) >= 11 is 3.31. The number of aryl methyl sites for hydroxylation is 1. The predicted molar refractivity (Wildman–Crippen MR) is 106 cm³/mol. The number of hydrogen-bond acceptors (Lipinski definition) is 6. The van der Waals surface area contributed by atoms with E-state index in [1.807, 2.05) is 19.1 Å². The van der Waals surface area contributed by atoms with Crippen molar-refractivity contribution in [2.24, 2.45) is 5.10 Å². The van der Waals surface area contributed by atoms with Gasteiger partial charge in [-0.15, -0.1) is 0 Å². The van der Waals surface area contributed by atoms with Crippen molar-refractivity contribution in [3.63, 3.8) is 0 Å². The lowest BCUT2D eigenvalue weighted by molar-refractivity contribution is -0.384. The van der Waals surface area contributed by atoms with Gasteiger partial charge in [-0.25, -0.2) is 5.43 Å². The Morgan fingerprint density at radius 2 is 2.07 bits per heavy atom. The topological polar surface area (TPSA) is 115 Å². The van der Waals surface area contributed by atoms with Gasteiger partial charge < -0.3 is 0 Å². The van der Waals surface area contributed by atoms with Crippen molar-refractivity contribution in [2.75, 3.05) is 0 Å². The van der Waals surface area contributed by atoms with Crippen molar-refractivity contribution in [2.45, 2.75) is 13.5 Å². The minimum atomic E-state index is -0.474. The number of rotatable bonds is 6. The van der Waals surface area contributed by atoms with Crippen LogP contribution < -0.4 is 5.43 Å². The number of nitrogens with zero attached hydrogens (tertiary/aromatic N) is 5. The maximum atomic E-state index is 12.3. The first kappa shape index (κ1) is 19.4. The number of carbonyl (C=O) groups excluding carboxylic acids is 1. The second kappa shape index (κ2) is 8.53. The number of benzene rings is 1. The number of nitro groups is 1. The van der Waals surface area contributed by atoms with Crippen LogP contribution in [0, 0.1) is 17.0 Å². The van der Waals surface area contributed by atoms with Crippen LogP contribution in [0.4, 0.5) is 5.69 Å². The molecule has 10 heteroatoms. The zero-order chi connectivity index (χ0) is 20.1. The summed E-state index contributed by atoms with van der Waals surface area (Å²) in [5, 5.41) is 18.8. The Morgan fingerprint density at radius 3 is 2.75 bits per heavy atom. The summed E-state index contributed by atoms with van der Waals surface area (Å²) in [5.41, 5.74) is 4.91. The Kier molecular flexibility index (Phi) is 5.90. The van der Waals surface area contributed by atoms with Crippen molar-refractivity contribution in [3.05, 3.63) is 85.9 Å². The molecule has 9 nitrogen and oxygen atoms in total. The number of hydrazone groups is 1. The molecule has 0 aliphatic rings. The van der Waals surface area contributed by atoms with Crippen LogP contribution in [0.5, 0.6) is 0 Å². The van der Waals surface area contributed by atoms with Gasteiger partial charge in [-0.05, 0) is 40.5 Å². The van der Waals surface area contributed by atoms with Crippen LogP contribution in [-0.2, 0) is 6.54 Å². The maximum Gasteiger partial charge on any atom is 0.293 e. The Labute approximate surface area is 168 Å². The fourth-order valence-corrected chi connectivity index (χ4v) is 2.88. The van der Waals surface area contributed by atoms with E-state index >= 15 is 0 Å². The number of halogens is 1. The average molecular weight is 443 g/mol. The van der Waals surface area contributed by atoms with Crippen molar-refractivity contribution in [1.82, 2.24) is 20.2 Å². The molecule has 0 fully saturated rings. The minimum absolute atomic E-state index is 0.0198. The van der Waals surface area contributed by atoms with E-state index in [9.17, 15) is 14.9 Å². The second-order valence-electron chi connectivity index (χ2n) is 5.85. The van der Waals surface area contributed by atoms with Gasteiger partial charge in [-0.3, -0.25) is 24.6 Å². The SMILES string of the molecule is Cc1cccc(/C=N/NC(=O)c2nn(Cc3ccc([N+](=O)[O-])cc3)cc2Br)n1. The van der Waals surface area contributed by atoms with Gasteiger partial charge in [-0.1, -0.05) is 18.2 Å². The summed E-state index contributed by atoms with van der Waals surface area (Å²) in [6, 6.07) is 11.6. The van der Waals surface area contributed by atoms with Gasteiger partial charge in [0.1, 0.15) is 0 Å². The number of aromatic nitrogens is 3. The van der Waals surface area contributed by atoms with Gasteiger partial charge in [0.2, 0.25) is 0 Å². The highest BCUT2D eigenvalue weighted by atomic mass is 79.9. The molecule has 3 rings (SSSR count). The summed E-state index contributed by atoms with van der Waals surface area (Å²) in [5.74, 6) is -0.474. The molecule has 0 saturated heterocycles. The summed E-state index contributed by atoms with van der Waals surface area (Å²) < 4.78 is 2.07. The maximum absolute atomic E-state index is 12.3. The average Bonchev–Trinajstić information content (AvgIpc) is 3.02. The molecule has 0 radical (unpaired) electrons. The van der Waals surface area contributed by atoms with Gasteiger partial charge >= 0.3 is 0 Å². The molecule has 0 bridgehead atoms. The number of non-ortho nitro benzene ring substituents is 1. The third-order valence-corrected chi connectivity index (χ3v) is 4.28. The number of nitrogens with one attached hydrogen (secondary N) is 1. The van der Waals surface area contributed by atoms with Gasteiger partial charge in [0.25, 0.3) is 11.6 Å². The quantitative estimate of drug-likeness (QED) is 0.357. The third-order valence-electron chi connectivity index (χ3n) is 3.70. The highest BCUT2D eigenvalue weighted by molar-refractivity contribution is 9.10. The molecule has 28 heavy (non-hydrogen) atoms. The Morgan fingerprint density at radius 1 is 1.32 bits per heavy atom. The first-order chi connectivity index (χ1) is 13.4. The fraction of sp³-hybridized carbons (Fsp3) is 0.111. The molecule has 2 heterocycles. The molecule has 1 N–H and O–H groups in total. The normalized spacial score (nSPS) is 10.9. The monoisotopic (exact) mass is 442 g/mol. The van der Waals surface area contributed by atoms with Gasteiger partial charge in [0.05, 0.1) is 27.8 Å². The molecular weight excluding hydrogens is 428 g/mol. The van der Waals surface area contributed by atoms with E-state index < -0.39 is 10.8 Å². The summed E-state index contributed by atoms with van der Waals surface area (Å²) in [6.45, 7) is 2.23. The molecular formula is C18H15BrN6O3. The Balaban J connectivity index is 1.65. The van der Waals surface area contributed by atoms with Gasteiger partial charge in [0.15, 0.2) is 5.69 Å². The van der Waals surface area contributed by atoms with Crippen LogP contribution in [0.1, 0.15) is 27.4 Å². The molecule has 0 aliphatic heterocycles. The molecule has 0 saturated carbocycles. The second-order valence-corrected chi connectivity index (χ2v) is 6.70. The smallest absolute Gasteiger partial charge is 0.266 e. The number of amides is 1. The molecule has 2 aromatic heterocycles. The standard InChI is InChI=1S/C18H15BrN6O3/c1-12-3-2-4-14(21-12)9-20-22-18(26)17-16(19)11-24(23-17)10-13-5-7-15(8-6-13)25(27)28/h2-9,11H,10H2,1H3,(H,22,26)/b20-9+. The number of carbonyl (C=O) groups is 1. The molecule has 0 unspecified atom stereocenters. The van der Waals surface area contributed by atoms with Crippen molar-refractivity contribution < 1.29 is 9.72 Å². The Hall–Kier alpha value is -3.40. The van der Waals surface area contributed by atoms with E-state index in [-0.39, 0.29) is 11.4 Å². The van der Waals surface area contributed by atoms with Crippen LogP contribution in [0.25, 0.3) is 0 Å². The highest BCUT2D eigenvalue weighted by Crippen LogP contribution is 2.17. The van der Waals surface area contributed by atoms with Crippen LogP contribution in [0.3, 0.4) is 0 Å². The van der Waals surface area contributed by atoms with E-state index in [0.29, 0.717) is 16.7 Å². The van der Waals surface area contributed by atoms with Crippen LogP contribution in [-0.4, -0.2) is 31.8 Å². The van der Waals surface area contributed by atoms with Crippen molar-refractivity contribution in [3.8, 4) is 0 Å². The summed E-state index contributed by atoms with van der Waals surface area (Å²) in [7, 11) is 0. The molecule has 3 aromatic rings. The molecule has 1 aromatic carbocycles. The largest absolute Gasteiger partial charge is 0.293 e. The molecule has 0 aliphatic carbocycles.